The van der Waals surface area contributed by atoms with Crippen LogP contribution in [0.1, 0.15) is 5.76 Å². The zero-order chi connectivity index (χ0) is 27.5. The molecule has 2 aromatic heterocycles. The molecule has 2 heterocycles. The van der Waals surface area contributed by atoms with E-state index in [4.69, 9.17) is 24.4 Å². The van der Waals surface area contributed by atoms with E-state index in [2.05, 4.69) is 9.69 Å². The van der Waals surface area contributed by atoms with E-state index in [1.807, 2.05) is 41.8 Å². The van der Waals surface area contributed by atoms with Crippen molar-refractivity contribution in [1.82, 2.24) is 4.37 Å². The fourth-order valence-corrected chi connectivity index (χ4v) is 5.09. The molecule has 1 amide bonds. The number of carbonyl (C=O) groups is 1. The van der Waals surface area contributed by atoms with E-state index in [0.29, 0.717) is 34.2 Å². The Balaban J connectivity index is 1.41. The molecule has 5 aromatic rings. The number of amides is 1. The van der Waals surface area contributed by atoms with Crippen LogP contribution in [-0.2, 0) is 11.2 Å². The molecule has 0 saturated heterocycles. The minimum absolute atomic E-state index is 0.0630. The SMILES string of the molecule is COc1ccc(-c2csnc2-c2cc(O)c(OC)c(OC)c2)cc1NC(=O)C(N)Cc1cc2ccccc2o1. The molecule has 4 N–H and O–H groups in total. The molecular weight excluding hydrogens is 518 g/mol. The lowest BCUT2D eigenvalue weighted by Crippen LogP contribution is -2.37. The number of carbonyl (C=O) groups excluding carboxylic acids is 1. The van der Waals surface area contributed by atoms with E-state index in [0.717, 1.165) is 22.1 Å². The van der Waals surface area contributed by atoms with Crippen LogP contribution in [0.4, 0.5) is 5.69 Å². The summed E-state index contributed by atoms with van der Waals surface area (Å²) in [5, 5.41) is 16.2. The smallest absolute Gasteiger partial charge is 0.241 e. The van der Waals surface area contributed by atoms with Crippen LogP contribution in [0.3, 0.4) is 0 Å². The van der Waals surface area contributed by atoms with Crippen LogP contribution in [0.15, 0.2) is 70.5 Å². The van der Waals surface area contributed by atoms with E-state index in [1.165, 1.54) is 32.9 Å². The summed E-state index contributed by atoms with van der Waals surface area (Å²) in [6.45, 7) is 0. The van der Waals surface area contributed by atoms with Crippen molar-refractivity contribution in [2.45, 2.75) is 12.5 Å². The van der Waals surface area contributed by atoms with Gasteiger partial charge in [0.15, 0.2) is 11.5 Å². The first-order valence-electron chi connectivity index (χ1n) is 12.0. The fraction of sp³-hybridized carbons (Fsp3) is 0.172. The molecule has 3 aromatic carbocycles. The molecule has 5 rings (SSSR count). The second-order valence-electron chi connectivity index (χ2n) is 8.77. The summed E-state index contributed by atoms with van der Waals surface area (Å²) in [4.78, 5) is 13.1. The number of ether oxygens (including phenoxy) is 3. The molecule has 0 aliphatic heterocycles. The van der Waals surface area contributed by atoms with Crippen molar-refractivity contribution in [2.24, 2.45) is 5.73 Å². The highest BCUT2D eigenvalue weighted by atomic mass is 32.1. The van der Waals surface area contributed by atoms with Crippen molar-refractivity contribution in [2.75, 3.05) is 26.6 Å². The van der Waals surface area contributed by atoms with E-state index in [-0.39, 0.29) is 23.8 Å². The van der Waals surface area contributed by atoms with Crippen LogP contribution >= 0.6 is 11.5 Å². The maximum Gasteiger partial charge on any atom is 0.241 e. The van der Waals surface area contributed by atoms with Crippen LogP contribution in [0.5, 0.6) is 23.0 Å². The number of nitrogens with zero attached hydrogens (tertiary/aromatic N) is 1. The van der Waals surface area contributed by atoms with E-state index in [1.54, 1.807) is 24.3 Å². The van der Waals surface area contributed by atoms with E-state index in [9.17, 15) is 9.90 Å². The number of phenolic OH excluding ortho intramolecular Hbond substituents is 1. The number of para-hydroxylation sites is 1. The Kier molecular flexibility index (Phi) is 7.40. The summed E-state index contributed by atoms with van der Waals surface area (Å²) in [5.74, 6) is 1.30. The van der Waals surface area contributed by atoms with Crippen LogP contribution in [0, 0.1) is 0 Å². The number of methoxy groups -OCH3 is 3. The lowest BCUT2D eigenvalue weighted by atomic mass is 10.0. The highest BCUT2D eigenvalue weighted by Gasteiger charge is 2.21. The van der Waals surface area contributed by atoms with Gasteiger partial charge < -0.3 is 34.8 Å². The molecule has 0 radical (unpaired) electrons. The number of nitrogens with two attached hydrogens (primary N) is 1. The predicted octanol–water partition coefficient (Wildman–Crippen LogP) is 5.46. The number of aromatic nitrogens is 1. The highest BCUT2D eigenvalue weighted by Crippen LogP contribution is 2.43. The van der Waals surface area contributed by atoms with E-state index >= 15 is 0 Å². The van der Waals surface area contributed by atoms with Gasteiger partial charge in [-0.05, 0) is 53.5 Å². The molecule has 0 fully saturated rings. The maximum atomic E-state index is 13.1. The Morgan fingerprint density at radius 1 is 1.03 bits per heavy atom. The number of aromatic hydroxyl groups is 1. The van der Waals surface area contributed by atoms with Gasteiger partial charge in [-0.15, -0.1) is 0 Å². The topological polar surface area (TPSA) is 129 Å². The molecule has 10 heteroatoms. The van der Waals surface area contributed by atoms with Crippen LogP contribution in [0.25, 0.3) is 33.4 Å². The lowest BCUT2D eigenvalue weighted by molar-refractivity contribution is -0.117. The molecule has 0 aliphatic carbocycles. The van der Waals surface area contributed by atoms with Crippen LogP contribution in [0.2, 0.25) is 0 Å². The Morgan fingerprint density at radius 2 is 1.82 bits per heavy atom. The van der Waals surface area contributed by atoms with Crippen molar-refractivity contribution in [1.29, 1.82) is 0 Å². The number of anilines is 1. The number of benzene rings is 3. The second kappa shape index (κ2) is 11.1. The first kappa shape index (κ1) is 26.1. The minimum Gasteiger partial charge on any atom is -0.504 e. The summed E-state index contributed by atoms with van der Waals surface area (Å²) in [6, 6.07) is 17.5. The minimum atomic E-state index is -0.841. The van der Waals surface area contributed by atoms with Crippen molar-refractivity contribution < 1.29 is 28.5 Å². The lowest BCUT2D eigenvalue weighted by Gasteiger charge is -2.15. The molecule has 9 nitrogen and oxygen atoms in total. The molecule has 0 spiro atoms. The molecule has 0 aliphatic rings. The number of hydrogen-bond acceptors (Lipinski definition) is 9. The summed E-state index contributed by atoms with van der Waals surface area (Å²) in [6.07, 6.45) is 0.240. The van der Waals surface area contributed by atoms with Gasteiger partial charge in [-0.2, -0.15) is 4.37 Å². The van der Waals surface area contributed by atoms with Gasteiger partial charge in [-0.3, -0.25) is 4.79 Å². The van der Waals surface area contributed by atoms with Crippen molar-refractivity contribution >= 4 is 34.1 Å². The summed E-state index contributed by atoms with van der Waals surface area (Å²) in [7, 11) is 4.49. The van der Waals surface area contributed by atoms with Crippen molar-refractivity contribution in [3.05, 3.63) is 71.8 Å². The number of nitrogens with one attached hydrogen (secondary N) is 1. The molecular formula is C29H27N3O6S. The van der Waals surface area contributed by atoms with Crippen LogP contribution in [-0.4, -0.2) is 42.8 Å². The number of fused-ring (bicyclic) bond motifs is 1. The van der Waals surface area contributed by atoms with Gasteiger partial charge >= 0.3 is 0 Å². The number of rotatable bonds is 9. The Morgan fingerprint density at radius 3 is 2.56 bits per heavy atom. The van der Waals surface area contributed by atoms with Gasteiger partial charge in [0, 0.05) is 28.3 Å². The van der Waals surface area contributed by atoms with E-state index < -0.39 is 6.04 Å². The predicted molar refractivity (Wildman–Crippen MR) is 151 cm³/mol. The maximum absolute atomic E-state index is 13.1. The zero-order valence-corrected chi connectivity index (χ0v) is 22.4. The molecule has 1 unspecified atom stereocenters. The first-order valence-corrected chi connectivity index (χ1v) is 12.9. The quantitative estimate of drug-likeness (QED) is 0.223. The summed E-state index contributed by atoms with van der Waals surface area (Å²) >= 11 is 1.27. The average molecular weight is 546 g/mol. The Labute approximate surface area is 228 Å². The number of furan rings is 1. The normalized spacial score (nSPS) is 11.8. The number of phenols is 1. The Hall–Kier alpha value is -4.54. The standard InChI is InChI=1S/C29H27N3O6S/c1-35-25-9-8-16(20-15-39-32-27(20)18-12-23(33)28(37-3)26(13-18)36-2)11-22(25)31-29(34)21(30)14-19-10-17-6-4-5-7-24(17)38-19/h4-13,15,21,33H,14,30H2,1-3H3,(H,31,34). The van der Waals surface area contributed by atoms with Crippen molar-refractivity contribution in [3.63, 3.8) is 0 Å². The third-order valence-corrected chi connectivity index (χ3v) is 6.93. The monoisotopic (exact) mass is 545 g/mol. The molecule has 39 heavy (non-hydrogen) atoms. The molecule has 200 valence electrons. The van der Waals surface area contributed by atoms with Gasteiger partial charge in [0.05, 0.1) is 38.8 Å². The van der Waals surface area contributed by atoms with Gasteiger partial charge in [0.25, 0.3) is 0 Å². The Bertz CT molecular complexity index is 1610. The van der Waals surface area contributed by atoms with Gasteiger partial charge in [0.1, 0.15) is 17.1 Å². The molecule has 0 bridgehead atoms. The van der Waals surface area contributed by atoms with Gasteiger partial charge in [-0.25, -0.2) is 0 Å². The van der Waals surface area contributed by atoms with Crippen LogP contribution < -0.4 is 25.3 Å². The fourth-order valence-electron chi connectivity index (χ4n) is 4.38. The summed E-state index contributed by atoms with van der Waals surface area (Å²) in [5.41, 5.74) is 10.3. The average Bonchev–Trinajstić information content (AvgIpc) is 3.59. The zero-order valence-electron chi connectivity index (χ0n) is 21.6. The molecule has 0 saturated carbocycles. The largest absolute Gasteiger partial charge is 0.504 e. The first-order chi connectivity index (χ1) is 18.9. The van der Waals surface area contributed by atoms with Crippen molar-refractivity contribution in [3.8, 4) is 45.4 Å². The highest BCUT2D eigenvalue weighted by molar-refractivity contribution is 7.04. The van der Waals surface area contributed by atoms with Gasteiger partial charge in [0.2, 0.25) is 11.7 Å². The third-order valence-electron chi connectivity index (χ3n) is 6.31. The number of hydrogen-bond donors (Lipinski definition) is 3. The third kappa shape index (κ3) is 5.25. The molecule has 1 atom stereocenters. The second-order valence-corrected chi connectivity index (χ2v) is 9.40. The van der Waals surface area contributed by atoms with Gasteiger partial charge in [-0.1, -0.05) is 24.3 Å². The summed E-state index contributed by atoms with van der Waals surface area (Å²) < 4.78 is 26.5.